The number of likely N-dealkylation sites (N-methyl/N-ethyl adjacent to an activating group) is 1. The number of nitriles is 1. The monoisotopic (exact) mass is 500 g/mol. The minimum atomic E-state index is -4.88. The summed E-state index contributed by atoms with van der Waals surface area (Å²) in [6.07, 6.45) is -2.04. The zero-order valence-electron chi connectivity index (χ0n) is 19.0. The van der Waals surface area contributed by atoms with Crippen LogP contribution in [-0.2, 0) is 11.0 Å². The molecule has 0 N–H and O–H groups in total. The minimum absolute atomic E-state index is 0.0253. The van der Waals surface area contributed by atoms with E-state index in [0.29, 0.717) is 18.5 Å². The summed E-state index contributed by atoms with van der Waals surface area (Å²) >= 11 is 5.63. The van der Waals surface area contributed by atoms with Crippen molar-refractivity contribution in [2.24, 2.45) is 0 Å². The molecule has 3 aliphatic rings. The van der Waals surface area contributed by atoms with Crippen LogP contribution in [0.1, 0.15) is 30.5 Å². The van der Waals surface area contributed by atoms with Crippen molar-refractivity contribution in [1.82, 2.24) is 9.88 Å². The van der Waals surface area contributed by atoms with Gasteiger partial charge in [-0.3, -0.25) is 9.69 Å². The fourth-order valence-electron chi connectivity index (χ4n) is 5.07. The van der Waals surface area contributed by atoms with E-state index in [2.05, 4.69) is 21.8 Å². The number of rotatable bonds is 3. The number of benzene rings is 1. The molecule has 1 saturated carbocycles. The number of carbonyl (C=O) groups is 1. The van der Waals surface area contributed by atoms with E-state index in [1.54, 1.807) is 4.90 Å². The van der Waals surface area contributed by atoms with Gasteiger partial charge in [0, 0.05) is 43.8 Å². The van der Waals surface area contributed by atoms with Crippen LogP contribution in [0.25, 0.3) is 0 Å². The number of halogens is 3. The van der Waals surface area contributed by atoms with Crippen LogP contribution >= 0.6 is 12.2 Å². The molecule has 0 bridgehead atoms. The van der Waals surface area contributed by atoms with Crippen molar-refractivity contribution in [2.75, 3.05) is 47.9 Å². The Balaban J connectivity index is 1.53. The van der Waals surface area contributed by atoms with Gasteiger partial charge in [0.25, 0.3) is 5.91 Å². The maximum Gasteiger partial charge on any atom is 0.421 e. The SMILES string of the molecule is CN1CCN(c2ccc(N3C(=S)N(c4ccnc(C#N)c4C(F)(F)F)C(=O)C34CCC4)cc2)CC1. The van der Waals surface area contributed by atoms with Crippen molar-refractivity contribution in [2.45, 2.75) is 31.0 Å². The molecule has 182 valence electrons. The fraction of sp³-hybridized carbons (Fsp3) is 0.417. The van der Waals surface area contributed by atoms with Gasteiger partial charge in [0.1, 0.15) is 17.2 Å². The van der Waals surface area contributed by atoms with Crippen LogP contribution in [0.2, 0.25) is 0 Å². The number of aromatic nitrogens is 1. The lowest BCUT2D eigenvalue weighted by Crippen LogP contribution is -2.55. The molecule has 7 nitrogen and oxygen atoms in total. The van der Waals surface area contributed by atoms with Crippen LogP contribution < -0.4 is 14.7 Å². The predicted molar refractivity (Wildman–Crippen MR) is 129 cm³/mol. The topological polar surface area (TPSA) is 66.7 Å². The summed E-state index contributed by atoms with van der Waals surface area (Å²) in [6.45, 7) is 3.72. The number of alkyl halides is 3. The summed E-state index contributed by atoms with van der Waals surface area (Å²) < 4.78 is 41.9. The van der Waals surface area contributed by atoms with Crippen molar-refractivity contribution >= 4 is 40.3 Å². The molecular formula is C24H23F3N6OS. The normalized spacial score (nSPS) is 20.4. The first-order valence-corrected chi connectivity index (χ1v) is 11.8. The smallest absolute Gasteiger partial charge is 0.369 e. The lowest BCUT2D eigenvalue weighted by molar-refractivity contribution is -0.137. The van der Waals surface area contributed by atoms with Gasteiger partial charge < -0.3 is 14.7 Å². The van der Waals surface area contributed by atoms with Gasteiger partial charge in [-0.1, -0.05) is 0 Å². The van der Waals surface area contributed by atoms with Crippen molar-refractivity contribution in [3.8, 4) is 6.07 Å². The van der Waals surface area contributed by atoms with Gasteiger partial charge in [0.2, 0.25) is 0 Å². The Morgan fingerprint density at radius 3 is 2.23 bits per heavy atom. The molecule has 5 rings (SSSR count). The molecule has 1 aromatic carbocycles. The highest BCUT2D eigenvalue weighted by Gasteiger charge is 2.60. The van der Waals surface area contributed by atoms with Crippen LogP contribution in [0.15, 0.2) is 36.5 Å². The van der Waals surface area contributed by atoms with E-state index < -0.39 is 34.6 Å². The highest BCUT2D eigenvalue weighted by molar-refractivity contribution is 7.81. The second-order valence-corrected chi connectivity index (χ2v) is 9.48. The molecule has 3 heterocycles. The molecule has 3 fully saturated rings. The summed E-state index contributed by atoms with van der Waals surface area (Å²) in [5.74, 6) is -0.502. The van der Waals surface area contributed by atoms with E-state index in [1.165, 1.54) is 6.07 Å². The molecule has 2 aromatic rings. The number of amides is 1. The molecule has 1 amide bonds. The third-order valence-corrected chi connectivity index (χ3v) is 7.49. The average molecular weight is 501 g/mol. The molecule has 2 aliphatic heterocycles. The molecule has 0 atom stereocenters. The van der Waals surface area contributed by atoms with Gasteiger partial charge in [0.05, 0.1) is 5.69 Å². The zero-order chi connectivity index (χ0) is 25.0. The Morgan fingerprint density at radius 2 is 1.69 bits per heavy atom. The van der Waals surface area contributed by atoms with E-state index >= 15 is 0 Å². The molecule has 11 heteroatoms. The number of nitrogens with zero attached hydrogens (tertiary/aromatic N) is 6. The summed E-state index contributed by atoms with van der Waals surface area (Å²) in [6, 6.07) is 10.3. The number of hydrogen-bond acceptors (Lipinski definition) is 6. The number of pyridine rings is 1. The Morgan fingerprint density at radius 1 is 1.06 bits per heavy atom. The maximum absolute atomic E-state index is 14.0. The van der Waals surface area contributed by atoms with E-state index in [4.69, 9.17) is 12.2 Å². The number of carbonyl (C=O) groups excluding carboxylic acids is 1. The molecule has 1 aromatic heterocycles. The lowest BCUT2D eigenvalue weighted by Gasteiger charge is -2.43. The van der Waals surface area contributed by atoms with E-state index in [9.17, 15) is 23.2 Å². The van der Waals surface area contributed by atoms with Crippen molar-refractivity contribution in [1.29, 1.82) is 5.26 Å². The fourth-order valence-corrected chi connectivity index (χ4v) is 5.53. The Bertz CT molecular complexity index is 1210. The molecule has 2 saturated heterocycles. The third-order valence-electron chi connectivity index (χ3n) is 7.13. The Hall–Kier alpha value is -3.23. The van der Waals surface area contributed by atoms with Gasteiger partial charge in [0.15, 0.2) is 10.8 Å². The summed E-state index contributed by atoms with van der Waals surface area (Å²) in [5, 5.41) is 9.23. The minimum Gasteiger partial charge on any atom is -0.369 e. The van der Waals surface area contributed by atoms with Crippen molar-refractivity contribution in [3.63, 3.8) is 0 Å². The van der Waals surface area contributed by atoms with E-state index in [0.717, 1.165) is 55.5 Å². The molecule has 35 heavy (non-hydrogen) atoms. The lowest BCUT2D eigenvalue weighted by atomic mass is 9.75. The van der Waals surface area contributed by atoms with Gasteiger partial charge in [-0.25, -0.2) is 4.98 Å². The van der Waals surface area contributed by atoms with Crippen LogP contribution in [0.4, 0.5) is 30.2 Å². The molecule has 1 spiro atoms. The molecular weight excluding hydrogens is 477 g/mol. The number of anilines is 3. The average Bonchev–Trinajstić information content (AvgIpc) is 3.05. The van der Waals surface area contributed by atoms with Gasteiger partial charge >= 0.3 is 6.18 Å². The number of thiocarbonyl (C=S) groups is 1. The quantitative estimate of drug-likeness (QED) is 0.595. The van der Waals surface area contributed by atoms with Gasteiger partial charge in [-0.2, -0.15) is 18.4 Å². The first-order valence-electron chi connectivity index (χ1n) is 11.4. The Kier molecular flexibility index (Phi) is 5.68. The van der Waals surface area contributed by atoms with Crippen molar-refractivity contribution in [3.05, 3.63) is 47.8 Å². The van der Waals surface area contributed by atoms with Gasteiger partial charge in [-0.05, 0) is 68.9 Å². The van der Waals surface area contributed by atoms with Gasteiger partial charge in [-0.15, -0.1) is 0 Å². The first kappa shape index (κ1) is 23.5. The highest BCUT2D eigenvalue weighted by Crippen LogP contribution is 2.49. The molecule has 0 radical (unpaired) electrons. The number of piperazine rings is 1. The second kappa shape index (κ2) is 8.46. The number of hydrogen-bond donors (Lipinski definition) is 0. The second-order valence-electron chi connectivity index (χ2n) is 9.11. The third kappa shape index (κ3) is 3.72. The Labute approximate surface area is 206 Å². The largest absolute Gasteiger partial charge is 0.421 e. The maximum atomic E-state index is 14.0. The van der Waals surface area contributed by atoms with Crippen LogP contribution in [0.3, 0.4) is 0 Å². The molecule has 1 aliphatic carbocycles. The summed E-state index contributed by atoms with van der Waals surface area (Å²) in [7, 11) is 2.09. The van der Waals surface area contributed by atoms with Crippen LogP contribution in [0.5, 0.6) is 0 Å². The first-order chi connectivity index (χ1) is 16.7. The highest BCUT2D eigenvalue weighted by atomic mass is 32.1. The van der Waals surface area contributed by atoms with E-state index in [1.807, 2.05) is 24.3 Å². The van der Waals surface area contributed by atoms with Crippen molar-refractivity contribution < 1.29 is 18.0 Å². The van der Waals surface area contributed by atoms with Crippen LogP contribution in [-0.4, -0.2) is 59.7 Å². The van der Waals surface area contributed by atoms with E-state index in [-0.39, 0.29) is 5.11 Å². The summed E-state index contributed by atoms with van der Waals surface area (Å²) in [4.78, 5) is 24.4. The summed E-state index contributed by atoms with van der Waals surface area (Å²) in [5.41, 5.74) is -1.81. The predicted octanol–water partition coefficient (Wildman–Crippen LogP) is 3.78. The zero-order valence-corrected chi connectivity index (χ0v) is 19.9. The standard InChI is InChI=1S/C24H23F3N6OS/c1-30-11-13-31(14-12-30)16-3-5-17(6-4-16)33-22(35)32(21(34)23(33)8-2-9-23)19-7-10-29-18(15-28)20(19)24(25,26)27/h3-7,10H,2,8-9,11-14H2,1H3. The molecule has 0 unspecified atom stereocenters. The van der Waals surface area contributed by atoms with Crippen LogP contribution in [0, 0.1) is 11.3 Å².